The fourth-order valence-electron chi connectivity index (χ4n) is 3.49. The predicted octanol–water partition coefficient (Wildman–Crippen LogP) is 2.57. The van der Waals surface area contributed by atoms with Crippen molar-refractivity contribution < 1.29 is 14.6 Å². The second-order valence-electron chi connectivity index (χ2n) is 7.53. The quantitative estimate of drug-likeness (QED) is 0.699. The van der Waals surface area contributed by atoms with Crippen LogP contribution in [0.4, 0.5) is 5.82 Å². The van der Waals surface area contributed by atoms with Gasteiger partial charge in [0, 0.05) is 17.1 Å². The highest BCUT2D eigenvalue weighted by atomic mass is 32.2. The second kappa shape index (κ2) is 7.02. The second-order valence-corrected chi connectivity index (χ2v) is 9.43. The maximum atomic E-state index is 12.4. The van der Waals surface area contributed by atoms with E-state index in [1.807, 2.05) is 0 Å². The number of hydrogen-bond donors (Lipinski definition) is 3. The number of aliphatic imine (C=N–C) groups is 1. The van der Waals surface area contributed by atoms with Gasteiger partial charge in [0.1, 0.15) is 27.8 Å². The van der Waals surface area contributed by atoms with Gasteiger partial charge in [-0.15, -0.1) is 11.3 Å². The summed E-state index contributed by atoms with van der Waals surface area (Å²) in [5.74, 6) is 1.16. The van der Waals surface area contributed by atoms with Crippen LogP contribution in [0.1, 0.15) is 35.8 Å². The molecule has 2 aromatic rings. The van der Waals surface area contributed by atoms with Gasteiger partial charge in [-0.25, -0.2) is 15.0 Å². The first-order valence-corrected chi connectivity index (χ1v) is 10.7. The number of hydrogen-bond acceptors (Lipinski definition) is 9. The molecule has 2 aromatic heterocycles. The third-order valence-corrected chi connectivity index (χ3v) is 6.90. The molecule has 0 bridgehead atoms. The van der Waals surface area contributed by atoms with Gasteiger partial charge in [-0.1, -0.05) is 11.8 Å². The molecule has 0 aliphatic carbocycles. The van der Waals surface area contributed by atoms with Crippen molar-refractivity contribution in [2.75, 3.05) is 17.7 Å². The Morgan fingerprint density at radius 2 is 2.25 bits per heavy atom. The van der Waals surface area contributed by atoms with Crippen LogP contribution in [0.25, 0.3) is 0 Å². The molecular formula is C18H21N5O3S2. The predicted molar refractivity (Wildman–Crippen MR) is 110 cm³/mol. The minimum absolute atomic E-state index is 0.00322. The van der Waals surface area contributed by atoms with Crippen LogP contribution in [-0.4, -0.2) is 44.1 Å². The van der Waals surface area contributed by atoms with Gasteiger partial charge in [-0.2, -0.15) is 0 Å². The van der Waals surface area contributed by atoms with Crippen LogP contribution in [0.3, 0.4) is 0 Å². The van der Waals surface area contributed by atoms with Crippen molar-refractivity contribution in [3.05, 3.63) is 34.4 Å². The number of fused-ring (bicyclic) bond motifs is 1. The number of thiazole rings is 1. The molecule has 0 radical (unpaired) electrons. The molecule has 2 aliphatic rings. The number of amidine groups is 1. The Morgan fingerprint density at radius 1 is 1.43 bits per heavy atom. The van der Waals surface area contributed by atoms with Crippen molar-refractivity contribution in [3.8, 4) is 5.75 Å². The molecule has 0 spiro atoms. The first kappa shape index (κ1) is 19.2. The lowest BCUT2D eigenvalue weighted by molar-refractivity contribution is -0.109. The van der Waals surface area contributed by atoms with Gasteiger partial charge in [0.15, 0.2) is 5.17 Å². The zero-order chi connectivity index (χ0) is 19.9. The van der Waals surface area contributed by atoms with E-state index >= 15 is 0 Å². The number of nitrogens with one attached hydrogen (secondary N) is 1. The molecule has 4 N–H and O–H groups in total. The van der Waals surface area contributed by atoms with Crippen molar-refractivity contribution in [2.24, 2.45) is 16.6 Å². The van der Waals surface area contributed by atoms with Crippen LogP contribution >= 0.6 is 23.1 Å². The maximum Gasteiger partial charge on any atom is 0.275 e. The molecule has 28 heavy (non-hydrogen) atoms. The summed E-state index contributed by atoms with van der Waals surface area (Å²) < 4.78 is 6.09. The maximum absolute atomic E-state index is 12.4. The Labute approximate surface area is 170 Å². The van der Waals surface area contributed by atoms with Crippen molar-refractivity contribution >= 4 is 40.0 Å². The molecule has 1 fully saturated rings. The van der Waals surface area contributed by atoms with Crippen LogP contribution in [0.2, 0.25) is 0 Å². The van der Waals surface area contributed by atoms with Gasteiger partial charge >= 0.3 is 0 Å². The number of rotatable bonds is 3. The van der Waals surface area contributed by atoms with E-state index in [0.717, 1.165) is 17.2 Å². The SMILES string of the molecule is CC1(C)C[C@@H]2CSC(N)=N[C@]2(c2nc(NC(=O)c3ccc(O)cn3)cs2)CO1. The van der Waals surface area contributed by atoms with E-state index < -0.39 is 11.4 Å². The molecule has 0 saturated carbocycles. The normalized spacial score (nSPS) is 26.2. The minimum atomic E-state index is -0.616. The van der Waals surface area contributed by atoms with Crippen molar-refractivity contribution in [3.63, 3.8) is 0 Å². The number of anilines is 1. The van der Waals surface area contributed by atoms with Crippen LogP contribution in [0.15, 0.2) is 28.7 Å². The summed E-state index contributed by atoms with van der Waals surface area (Å²) in [5.41, 5.74) is 5.41. The third-order valence-electron chi connectivity index (χ3n) is 4.94. The molecule has 4 rings (SSSR count). The van der Waals surface area contributed by atoms with E-state index in [4.69, 9.17) is 15.5 Å². The summed E-state index contributed by atoms with van der Waals surface area (Å²) in [6, 6.07) is 2.86. The number of nitrogens with two attached hydrogens (primary N) is 1. The summed E-state index contributed by atoms with van der Waals surface area (Å²) >= 11 is 3.00. The molecule has 10 heteroatoms. The highest BCUT2D eigenvalue weighted by Gasteiger charge is 2.52. The largest absolute Gasteiger partial charge is 0.506 e. The van der Waals surface area contributed by atoms with E-state index in [1.54, 1.807) is 17.1 Å². The molecule has 1 amide bonds. The van der Waals surface area contributed by atoms with Crippen LogP contribution < -0.4 is 11.1 Å². The lowest BCUT2D eigenvalue weighted by Crippen LogP contribution is -2.52. The molecule has 0 unspecified atom stereocenters. The molecule has 1 saturated heterocycles. The van der Waals surface area contributed by atoms with Gasteiger partial charge in [0.05, 0.1) is 18.4 Å². The third kappa shape index (κ3) is 3.59. The van der Waals surface area contributed by atoms with E-state index in [0.29, 0.717) is 17.6 Å². The molecule has 2 aliphatic heterocycles. The highest BCUT2D eigenvalue weighted by molar-refractivity contribution is 8.13. The standard InChI is InChI=1S/C18H21N5O3S2/c1-17(2)5-10-7-28-16(19)23-18(10,9-26-17)15-22-13(8-27-15)21-14(25)12-4-3-11(24)6-20-12/h3-4,6,8,10,24H,5,7,9H2,1-2H3,(H2,19,23)(H,21,25)/t10-,18-/m1/s1. The fraction of sp³-hybridized carbons (Fsp3) is 0.444. The zero-order valence-electron chi connectivity index (χ0n) is 15.5. The summed E-state index contributed by atoms with van der Waals surface area (Å²) in [7, 11) is 0. The zero-order valence-corrected chi connectivity index (χ0v) is 17.1. The molecule has 2 atom stereocenters. The Balaban J connectivity index is 1.59. The topological polar surface area (TPSA) is 123 Å². The number of carbonyl (C=O) groups excluding carboxylic acids is 1. The fourth-order valence-corrected chi connectivity index (χ4v) is 5.45. The summed E-state index contributed by atoms with van der Waals surface area (Å²) in [6.07, 6.45) is 2.08. The van der Waals surface area contributed by atoms with Gasteiger partial charge in [0.25, 0.3) is 5.91 Å². The lowest BCUT2D eigenvalue weighted by Gasteiger charge is -2.47. The number of ether oxygens (including phenoxy) is 1. The Hall–Kier alpha value is -2.17. The smallest absolute Gasteiger partial charge is 0.275 e. The van der Waals surface area contributed by atoms with E-state index in [-0.39, 0.29) is 23.0 Å². The highest BCUT2D eigenvalue weighted by Crippen LogP contribution is 2.49. The number of nitrogens with zero attached hydrogens (tertiary/aromatic N) is 3. The first-order valence-electron chi connectivity index (χ1n) is 8.82. The molecule has 0 aromatic carbocycles. The van der Waals surface area contributed by atoms with Crippen LogP contribution in [-0.2, 0) is 10.3 Å². The number of aromatic hydroxyl groups is 1. The van der Waals surface area contributed by atoms with E-state index in [2.05, 4.69) is 29.1 Å². The average molecular weight is 420 g/mol. The van der Waals surface area contributed by atoms with Crippen molar-refractivity contribution in [1.29, 1.82) is 0 Å². The molecule has 4 heterocycles. The number of carbonyl (C=O) groups is 1. The monoisotopic (exact) mass is 419 g/mol. The molecule has 8 nitrogen and oxygen atoms in total. The lowest BCUT2D eigenvalue weighted by atomic mass is 9.77. The Morgan fingerprint density at radius 3 is 3.00 bits per heavy atom. The van der Waals surface area contributed by atoms with Crippen LogP contribution in [0, 0.1) is 5.92 Å². The molecular weight excluding hydrogens is 398 g/mol. The van der Waals surface area contributed by atoms with Gasteiger partial charge in [-0.05, 0) is 32.4 Å². The Kier molecular flexibility index (Phi) is 4.80. The summed E-state index contributed by atoms with van der Waals surface area (Å²) in [5, 5.41) is 15.2. The van der Waals surface area contributed by atoms with Crippen molar-refractivity contribution in [2.45, 2.75) is 31.4 Å². The number of amides is 1. The average Bonchev–Trinajstić information content (AvgIpc) is 3.11. The number of aromatic nitrogens is 2. The van der Waals surface area contributed by atoms with E-state index in [9.17, 15) is 9.90 Å². The first-order chi connectivity index (χ1) is 13.3. The minimum Gasteiger partial charge on any atom is -0.506 e. The number of pyridine rings is 1. The van der Waals surface area contributed by atoms with Crippen molar-refractivity contribution in [1.82, 2.24) is 9.97 Å². The van der Waals surface area contributed by atoms with Crippen LogP contribution in [0.5, 0.6) is 5.75 Å². The number of thioether (sulfide) groups is 1. The van der Waals surface area contributed by atoms with Gasteiger partial charge in [0.2, 0.25) is 0 Å². The Bertz CT molecular complexity index is 928. The van der Waals surface area contributed by atoms with Gasteiger partial charge < -0.3 is 20.9 Å². The summed E-state index contributed by atoms with van der Waals surface area (Å²) in [4.78, 5) is 25.7. The van der Waals surface area contributed by atoms with Gasteiger partial charge in [-0.3, -0.25) is 4.79 Å². The van der Waals surface area contributed by atoms with E-state index in [1.165, 1.54) is 29.7 Å². The molecule has 148 valence electrons. The summed E-state index contributed by atoms with van der Waals surface area (Å²) in [6.45, 7) is 4.58.